The highest BCUT2D eigenvalue weighted by atomic mass is 32.2. The van der Waals surface area contributed by atoms with Crippen LogP contribution in [0.4, 0.5) is 5.69 Å². The lowest BCUT2D eigenvalue weighted by Gasteiger charge is -2.40. The zero-order valence-corrected chi connectivity index (χ0v) is 12.8. The van der Waals surface area contributed by atoms with Gasteiger partial charge >= 0.3 is 0 Å². The Bertz CT molecular complexity index is 538. The molecule has 0 heterocycles. The Morgan fingerprint density at radius 1 is 1.30 bits per heavy atom. The van der Waals surface area contributed by atoms with Gasteiger partial charge in [0.05, 0.1) is 16.3 Å². The number of aliphatic hydroxyl groups excluding tert-OH is 1. The second kappa shape index (κ2) is 6.59. The summed E-state index contributed by atoms with van der Waals surface area (Å²) in [5.41, 5.74) is 0.799. The van der Waals surface area contributed by atoms with Crippen molar-refractivity contribution in [1.82, 2.24) is 0 Å². The monoisotopic (exact) mass is 297 g/mol. The van der Waals surface area contributed by atoms with E-state index in [9.17, 15) is 8.42 Å². The van der Waals surface area contributed by atoms with Crippen molar-refractivity contribution in [3.8, 4) is 0 Å². The summed E-state index contributed by atoms with van der Waals surface area (Å²) in [6.45, 7) is 2.51. The highest BCUT2D eigenvalue weighted by molar-refractivity contribution is 7.91. The van der Waals surface area contributed by atoms with Gasteiger partial charge in [0.2, 0.25) is 0 Å². The third-order valence-electron chi connectivity index (χ3n) is 3.96. The predicted molar refractivity (Wildman–Crippen MR) is 80.9 cm³/mol. The lowest BCUT2D eigenvalue weighted by atomic mass is 9.91. The smallest absolute Gasteiger partial charge is 0.180 e. The van der Waals surface area contributed by atoms with Gasteiger partial charge in [0, 0.05) is 19.2 Å². The molecule has 0 aromatic heterocycles. The van der Waals surface area contributed by atoms with E-state index < -0.39 is 9.84 Å². The van der Waals surface area contributed by atoms with Gasteiger partial charge in [0.15, 0.2) is 9.84 Å². The van der Waals surface area contributed by atoms with Crippen LogP contribution in [0.5, 0.6) is 0 Å². The first-order chi connectivity index (χ1) is 9.60. The number of sulfone groups is 1. The van der Waals surface area contributed by atoms with Crippen molar-refractivity contribution in [2.75, 3.05) is 23.8 Å². The van der Waals surface area contributed by atoms with Crippen molar-refractivity contribution in [2.45, 2.75) is 43.5 Å². The maximum Gasteiger partial charge on any atom is 0.180 e. The van der Waals surface area contributed by atoms with Gasteiger partial charge in [0.25, 0.3) is 0 Å². The maximum absolute atomic E-state index is 12.3. The standard InChI is InChI=1S/C15H23NO3S/c1-2-20(18,19)15-10-4-3-9-14(15)16(11-6-12-17)13-7-5-8-13/h3-4,9-10,13,17H,2,5-8,11-12H2,1H3. The average Bonchev–Trinajstić information content (AvgIpc) is 2.41. The fraction of sp³-hybridized carbons (Fsp3) is 0.600. The van der Waals surface area contributed by atoms with E-state index >= 15 is 0 Å². The fourth-order valence-electron chi connectivity index (χ4n) is 2.55. The van der Waals surface area contributed by atoms with Crippen LogP contribution in [0, 0.1) is 0 Å². The first-order valence-electron chi connectivity index (χ1n) is 7.29. The van der Waals surface area contributed by atoms with Gasteiger partial charge in [-0.1, -0.05) is 19.1 Å². The van der Waals surface area contributed by atoms with Gasteiger partial charge < -0.3 is 10.0 Å². The summed E-state index contributed by atoms with van der Waals surface area (Å²) in [4.78, 5) is 2.59. The third-order valence-corrected chi connectivity index (χ3v) is 5.74. The van der Waals surface area contributed by atoms with Crippen molar-refractivity contribution in [3.63, 3.8) is 0 Å². The van der Waals surface area contributed by atoms with E-state index in [1.165, 1.54) is 6.42 Å². The van der Waals surface area contributed by atoms with Crippen molar-refractivity contribution in [1.29, 1.82) is 0 Å². The second-order valence-electron chi connectivity index (χ2n) is 5.23. The molecule has 0 spiro atoms. The molecule has 0 unspecified atom stereocenters. The number of rotatable bonds is 7. The molecule has 2 rings (SSSR count). The van der Waals surface area contributed by atoms with Crippen LogP contribution in [0.3, 0.4) is 0 Å². The van der Waals surface area contributed by atoms with Crippen LogP contribution in [0.15, 0.2) is 29.2 Å². The summed E-state index contributed by atoms with van der Waals surface area (Å²) in [7, 11) is -3.22. The maximum atomic E-state index is 12.3. The topological polar surface area (TPSA) is 57.6 Å². The molecule has 1 aromatic carbocycles. The minimum Gasteiger partial charge on any atom is -0.396 e. The molecule has 0 atom stereocenters. The number of hydrogen-bond donors (Lipinski definition) is 1. The molecule has 5 heteroatoms. The predicted octanol–water partition coefficient (Wildman–Crippen LogP) is 2.22. The first-order valence-corrected chi connectivity index (χ1v) is 8.94. The molecule has 112 valence electrons. The molecule has 1 aliphatic carbocycles. The number of nitrogens with zero attached hydrogens (tertiary/aromatic N) is 1. The van der Waals surface area contributed by atoms with E-state index in [2.05, 4.69) is 4.90 Å². The first kappa shape index (κ1) is 15.3. The summed E-state index contributed by atoms with van der Waals surface area (Å²) in [6, 6.07) is 7.65. The van der Waals surface area contributed by atoms with Crippen molar-refractivity contribution in [2.24, 2.45) is 0 Å². The fourth-order valence-corrected chi connectivity index (χ4v) is 3.65. The van der Waals surface area contributed by atoms with E-state index in [4.69, 9.17) is 5.11 Å². The molecule has 0 saturated heterocycles. The van der Waals surface area contributed by atoms with Crippen LogP contribution >= 0.6 is 0 Å². The molecular weight excluding hydrogens is 274 g/mol. The van der Waals surface area contributed by atoms with Crippen LogP contribution in [-0.4, -0.2) is 38.5 Å². The van der Waals surface area contributed by atoms with Crippen LogP contribution in [0.2, 0.25) is 0 Å². The van der Waals surface area contributed by atoms with Crippen LogP contribution in [0.25, 0.3) is 0 Å². The Balaban J connectivity index is 2.37. The molecule has 0 amide bonds. The molecule has 1 fully saturated rings. The minimum atomic E-state index is -3.22. The SMILES string of the molecule is CCS(=O)(=O)c1ccccc1N(CCCO)C1CCC1. The molecule has 0 radical (unpaired) electrons. The van der Waals surface area contributed by atoms with Gasteiger partial charge in [0.1, 0.15) is 0 Å². The Kier molecular flexibility index (Phi) is 5.05. The largest absolute Gasteiger partial charge is 0.396 e. The zero-order valence-electron chi connectivity index (χ0n) is 12.0. The van der Waals surface area contributed by atoms with E-state index in [1.807, 2.05) is 12.1 Å². The number of aliphatic hydroxyl groups is 1. The molecule has 1 N–H and O–H groups in total. The van der Waals surface area contributed by atoms with Crippen molar-refractivity contribution >= 4 is 15.5 Å². The normalized spacial score (nSPS) is 15.9. The van der Waals surface area contributed by atoms with Gasteiger partial charge in [-0.15, -0.1) is 0 Å². The average molecular weight is 297 g/mol. The molecule has 1 saturated carbocycles. The van der Waals surface area contributed by atoms with Gasteiger partial charge in [-0.05, 0) is 37.8 Å². The van der Waals surface area contributed by atoms with E-state index in [0.717, 1.165) is 18.5 Å². The number of hydrogen-bond acceptors (Lipinski definition) is 4. The number of anilines is 1. The van der Waals surface area contributed by atoms with E-state index in [1.54, 1.807) is 19.1 Å². The Hall–Kier alpha value is -1.07. The second-order valence-corrected chi connectivity index (χ2v) is 7.47. The van der Waals surface area contributed by atoms with E-state index in [0.29, 0.717) is 23.9 Å². The quantitative estimate of drug-likeness (QED) is 0.838. The summed E-state index contributed by atoms with van der Waals surface area (Å²) >= 11 is 0. The highest BCUT2D eigenvalue weighted by Gasteiger charge is 2.28. The van der Waals surface area contributed by atoms with E-state index in [-0.39, 0.29) is 12.4 Å². The molecular formula is C15H23NO3S. The molecule has 1 aliphatic rings. The Labute approximate surface area is 121 Å². The number of benzene rings is 1. The zero-order chi connectivity index (χ0) is 14.6. The lowest BCUT2D eigenvalue weighted by molar-refractivity contribution is 0.282. The highest BCUT2D eigenvalue weighted by Crippen LogP contribution is 2.34. The van der Waals surface area contributed by atoms with Crippen LogP contribution in [-0.2, 0) is 9.84 Å². The summed E-state index contributed by atoms with van der Waals surface area (Å²) in [5, 5.41) is 9.06. The molecule has 20 heavy (non-hydrogen) atoms. The Morgan fingerprint density at radius 3 is 2.55 bits per heavy atom. The minimum absolute atomic E-state index is 0.114. The number of para-hydroxylation sites is 1. The Morgan fingerprint density at radius 2 is 2.00 bits per heavy atom. The van der Waals surface area contributed by atoms with Crippen LogP contribution in [0.1, 0.15) is 32.6 Å². The molecule has 0 bridgehead atoms. The summed E-state index contributed by atoms with van der Waals surface area (Å²) in [5.74, 6) is 0.114. The van der Waals surface area contributed by atoms with Crippen LogP contribution < -0.4 is 4.90 Å². The summed E-state index contributed by atoms with van der Waals surface area (Å²) in [6.07, 6.45) is 4.07. The third kappa shape index (κ3) is 3.15. The lowest BCUT2D eigenvalue weighted by Crippen LogP contribution is -2.41. The van der Waals surface area contributed by atoms with Crippen molar-refractivity contribution < 1.29 is 13.5 Å². The molecule has 4 nitrogen and oxygen atoms in total. The van der Waals surface area contributed by atoms with Crippen molar-refractivity contribution in [3.05, 3.63) is 24.3 Å². The summed E-state index contributed by atoms with van der Waals surface area (Å²) < 4.78 is 24.5. The van der Waals surface area contributed by atoms with Gasteiger partial charge in [-0.2, -0.15) is 0 Å². The van der Waals surface area contributed by atoms with Gasteiger partial charge in [-0.3, -0.25) is 0 Å². The van der Waals surface area contributed by atoms with Gasteiger partial charge in [-0.25, -0.2) is 8.42 Å². The molecule has 1 aromatic rings. The molecule has 0 aliphatic heterocycles.